The van der Waals surface area contributed by atoms with Gasteiger partial charge in [-0.15, -0.1) is 0 Å². The molecular formula is C19H16N6OS. The van der Waals surface area contributed by atoms with E-state index in [1.54, 1.807) is 29.9 Å². The summed E-state index contributed by atoms with van der Waals surface area (Å²) in [7, 11) is 0. The van der Waals surface area contributed by atoms with Gasteiger partial charge in [0.2, 0.25) is 5.82 Å². The monoisotopic (exact) mass is 376 g/mol. The molecule has 1 aliphatic rings. The minimum absolute atomic E-state index is 0.542. The molecule has 0 fully saturated rings. The first kappa shape index (κ1) is 16.1. The highest BCUT2D eigenvalue weighted by Gasteiger charge is 2.25. The summed E-state index contributed by atoms with van der Waals surface area (Å²) in [6.07, 6.45) is 8.00. The molecule has 8 heteroatoms. The maximum absolute atomic E-state index is 5.49. The average molecular weight is 376 g/mol. The van der Waals surface area contributed by atoms with Gasteiger partial charge in [0.25, 0.3) is 5.89 Å². The van der Waals surface area contributed by atoms with E-state index < -0.39 is 0 Å². The van der Waals surface area contributed by atoms with E-state index in [9.17, 15) is 0 Å². The second kappa shape index (κ2) is 6.55. The predicted octanol–water partition coefficient (Wildman–Crippen LogP) is 3.52. The fourth-order valence-electron chi connectivity index (χ4n) is 3.42. The highest BCUT2D eigenvalue weighted by atomic mass is 32.1. The molecule has 5 heterocycles. The third-order valence-electron chi connectivity index (χ3n) is 4.75. The maximum atomic E-state index is 5.49. The summed E-state index contributed by atoms with van der Waals surface area (Å²) in [5, 5.41) is 8.23. The van der Waals surface area contributed by atoms with Crippen molar-refractivity contribution in [3.63, 3.8) is 0 Å². The lowest BCUT2D eigenvalue weighted by Gasteiger charge is -2.30. The molecule has 7 nitrogen and oxygen atoms in total. The van der Waals surface area contributed by atoms with Crippen molar-refractivity contribution in [1.82, 2.24) is 25.1 Å². The topological polar surface area (TPSA) is 80.8 Å². The Labute approximate surface area is 159 Å². The molecule has 27 heavy (non-hydrogen) atoms. The van der Waals surface area contributed by atoms with Gasteiger partial charge in [0.1, 0.15) is 5.82 Å². The van der Waals surface area contributed by atoms with E-state index in [4.69, 9.17) is 4.52 Å². The number of rotatable bonds is 3. The Kier molecular flexibility index (Phi) is 3.90. The average Bonchev–Trinajstić information content (AvgIpc) is 3.40. The predicted molar refractivity (Wildman–Crippen MR) is 102 cm³/mol. The van der Waals surface area contributed by atoms with Crippen LogP contribution in [0.4, 0.5) is 5.82 Å². The molecule has 4 aromatic rings. The van der Waals surface area contributed by atoms with E-state index in [2.05, 4.69) is 30.0 Å². The molecule has 5 rings (SSSR count). The van der Waals surface area contributed by atoms with Crippen molar-refractivity contribution in [3.05, 3.63) is 58.4 Å². The summed E-state index contributed by atoms with van der Waals surface area (Å²) in [6.45, 7) is 3.59. The lowest BCUT2D eigenvalue weighted by Crippen LogP contribution is -2.31. The zero-order valence-electron chi connectivity index (χ0n) is 14.7. The number of hydrogen-bond donors (Lipinski definition) is 0. The molecule has 0 aromatic carbocycles. The van der Waals surface area contributed by atoms with E-state index in [1.807, 2.05) is 29.9 Å². The number of fused-ring (bicyclic) bond motifs is 1. The lowest BCUT2D eigenvalue weighted by molar-refractivity contribution is 0.432. The van der Waals surface area contributed by atoms with Crippen LogP contribution >= 0.6 is 11.3 Å². The molecule has 0 aliphatic carbocycles. The standard InChI is InChI=1S/C19H16N6OS/c1-12-17(18-23-19(26-24-18)13-3-7-27-11-13)15-2-6-25(10-14(15)8-22-12)16-9-20-4-5-21-16/h3-5,7-9,11H,2,6,10H2,1H3. The summed E-state index contributed by atoms with van der Waals surface area (Å²) >= 11 is 1.61. The van der Waals surface area contributed by atoms with E-state index >= 15 is 0 Å². The van der Waals surface area contributed by atoms with Gasteiger partial charge in [0.05, 0.1) is 11.8 Å². The maximum Gasteiger partial charge on any atom is 0.259 e. The van der Waals surface area contributed by atoms with Crippen molar-refractivity contribution in [1.29, 1.82) is 0 Å². The van der Waals surface area contributed by atoms with Crippen LogP contribution in [0.15, 0.2) is 46.1 Å². The molecule has 0 saturated heterocycles. The van der Waals surface area contributed by atoms with Gasteiger partial charge >= 0.3 is 0 Å². The summed E-state index contributed by atoms with van der Waals surface area (Å²) < 4.78 is 5.49. The van der Waals surface area contributed by atoms with Crippen molar-refractivity contribution in [2.75, 3.05) is 11.4 Å². The number of aryl methyl sites for hydroxylation is 1. The summed E-state index contributed by atoms with van der Waals surface area (Å²) in [5.74, 6) is 2.02. The highest BCUT2D eigenvalue weighted by Crippen LogP contribution is 2.33. The van der Waals surface area contributed by atoms with E-state index in [-0.39, 0.29) is 0 Å². The van der Waals surface area contributed by atoms with Crippen molar-refractivity contribution >= 4 is 17.2 Å². The molecule has 0 radical (unpaired) electrons. The smallest absolute Gasteiger partial charge is 0.259 e. The molecule has 0 saturated carbocycles. The fourth-order valence-corrected chi connectivity index (χ4v) is 4.05. The van der Waals surface area contributed by atoms with Gasteiger partial charge in [-0.25, -0.2) is 4.98 Å². The first-order valence-electron chi connectivity index (χ1n) is 8.64. The van der Waals surface area contributed by atoms with Crippen LogP contribution in [-0.4, -0.2) is 31.6 Å². The summed E-state index contributed by atoms with van der Waals surface area (Å²) in [4.78, 5) is 20.0. The quantitative estimate of drug-likeness (QED) is 0.541. The molecule has 0 atom stereocenters. The Morgan fingerprint density at radius 3 is 2.96 bits per heavy atom. The van der Waals surface area contributed by atoms with E-state index in [1.165, 1.54) is 5.56 Å². The summed E-state index contributed by atoms with van der Waals surface area (Å²) in [6, 6.07) is 1.98. The largest absolute Gasteiger partial charge is 0.351 e. The number of aromatic nitrogens is 5. The van der Waals surface area contributed by atoms with E-state index in [0.717, 1.165) is 47.7 Å². The molecule has 0 N–H and O–H groups in total. The molecule has 0 spiro atoms. The van der Waals surface area contributed by atoms with Crippen LogP contribution in [-0.2, 0) is 13.0 Å². The van der Waals surface area contributed by atoms with Gasteiger partial charge in [-0.2, -0.15) is 16.3 Å². The minimum atomic E-state index is 0.542. The number of anilines is 1. The second-order valence-corrected chi connectivity index (χ2v) is 7.17. The lowest BCUT2D eigenvalue weighted by atomic mass is 9.94. The molecular weight excluding hydrogens is 360 g/mol. The third-order valence-corrected chi connectivity index (χ3v) is 5.43. The van der Waals surface area contributed by atoms with Crippen molar-refractivity contribution < 1.29 is 4.52 Å². The normalized spacial score (nSPS) is 13.6. The Morgan fingerprint density at radius 2 is 2.15 bits per heavy atom. The summed E-state index contributed by atoms with van der Waals surface area (Å²) in [5.41, 5.74) is 5.24. The number of pyridine rings is 1. The van der Waals surface area contributed by atoms with Crippen LogP contribution in [0, 0.1) is 6.92 Å². The molecule has 0 amide bonds. The molecule has 0 bridgehead atoms. The molecule has 134 valence electrons. The van der Waals surface area contributed by atoms with Gasteiger partial charge in [-0.05, 0) is 35.9 Å². The zero-order chi connectivity index (χ0) is 18.2. The Balaban J connectivity index is 1.52. The fraction of sp³-hybridized carbons (Fsp3) is 0.211. The second-order valence-electron chi connectivity index (χ2n) is 6.39. The molecule has 1 aliphatic heterocycles. The SMILES string of the molecule is Cc1ncc2c(c1-c1noc(-c3ccsc3)n1)CCN(c1cnccn1)C2. The van der Waals surface area contributed by atoms with Crippen LogP contribution in [0.2, 0.25) is 0 Å². The van der Waals surface area contributed by atoms with Gasteiger partial charge < -0.3 is 9.42 Å². The Morgan fingerprint density at radius 1 is 1.19 bits per heavy atom. The van der Waals surface area contributed by atoms with Crippen LogP contribution in [0.5, 0.6) is 0 Å². The number of hydrogen-bond acceptors (Lipinski definition) is 8. The van der Waals surface area contributed by atoms with Crippen LogP contribution in [0.25, 0.3) is 22.8 Å². The first-order chi connectivity index (χ1) is 13.3. The van der Waals surface area contributed by atoms with Crippen LogP contribution in [0.3, 0.4) is 0 Å². The van der Waals surface area contributed by atoms with Crippen molar-refractivity contribution in [2.45, 2.75) is 19.9 Å². The highest BCUT2D eigenvalue weighted by molar-refractivity contribution is 7.08. The zero-order valence-corrected chi connectivity index (χ0v) is 15.5. The first-order valence-corrected chi connectivity index (χ1v) is 9.59. The number of nitrogens with zero attached hydrogens (tertiary/aromatic N) is 6. The van der Waals surface area contributed by atoms with E-state index in [0.29, 0.717) is 11.7 Å². The van der Waals surface area contributed by atoms with Crippen LogP contribution in [0.1, 0.15) is 16.8 Å². The molecule has 4 aromatic heterocycles. The Hall–Kier alpha value is -3.13. The van der Waals surface area contributed by atoms with Crippen molar-refractivity contribution in [3.8, 4) is 22.8 Å². The van der Waals surface area contributed by atoms with Gasteiger partial charge in [0, 0.05) is 48.3 Å². The third kappa shape index (κ3) is 2.87. The minimum Gasteiger partial charge on any atom is -0.351 e. The molecule has 0 unspecified atom stereocenters. The Bertz CT molecular complexity index is 1080. The van der Waals surface area contributed by atoms with Gasteiger partial charge in [-0.1, -0.05) is 5.16 Å². The van der Waals surface area contributed by atoms with Gasteiger partial charge in [-0.3, -0.25) is 9.97 Å². The number of thiophene rings is 1. The van der Waals surface area contributed by atoms with Crippen molar-refractivity contribution in [2.24, 2.45) is 0 Å². The van der Waals surface area contributed by atoms with Gasteiger partial charge in [0.15, 0.2) is 0 Å². The van der Waals surface area contributed by atoms with Crippen LogP contribution < -0.4 is 4.90 Å².